The smallest absolute Gasteiger partial charge is 0.0751 e. The van der Waals surface area contributed by atoms with Crippen molar-refractivity contribution in [2.45, 2.75) is 26.7 Å². The van der Waals surface area contributed by atoms with Crippen LogP contribution in [0.3, 0.4) is 0 Å². The molecule has 1 atom stereocenters. The molecule has 1 aromatic carbocycles. The standard InChI is InChI=1S/C16H20N2/c1-3-13-8-10-18(11-13)15-7-9-17-16-12(2)5-4-6-14(15)16/h4-7,9,13H,3,8,10-11H2,1-2H3. The molecule has 1 aromatic heterocycles. The van der Waals surface area contributed by atoms with Gasteiger partial charge in [-0.15, -0.1) is 0 Å². The Kier molecular flexibility index (Phi) is 2.94. The van der Waals surface area contributed by atoms with Gasteiger partial charge in [-0.2, -0.15) is 0 Å². The van der Waals surface area contributed by atoms with Gasteiger partial charge in [0, 0.05) is 30.4 Å². The second kappa shape index (κ2) is 4.60. The third-order valence-corrected chi connectivity index (χ3v) is 4.15. The summed E-state index contributed by atoms with van der Waals surface area (Å²) in [4.78, 5) is 7.05. The van der Waals surface area contributed by atoms with Crippen LogP contribution in [0, 0.1) is 12.8 Å². The largest absolute Gasteiger partial charge is 0.371 e. The molecule has 0 aliphatic carbocycles. The van der Waals surface area contributed by atoms with Crippen LogP contribution in [0.5, 0.6) is 0 Å². The van der Waals surface area contributed by atoms with Crippen LogP contribution < -0.4 is 4.90 Å². The van der Waals surface area contributed by atoms with Crippen LogP contribution in [-0.4, -0.2) is 18.1 Å². The summed E-state index contributed by atoms with van der Waals surface area (Å²) in [6.45, 7) is 6.82. The van der Waals surface area contributed by atoms with Gasteiger partial charge >= 0.3 is 0 Å². The van der Waals surface area contributed by atoms with E-state index in [9.17, 15) is 0 Å². The molecule has 2 heteroatoms. The van der Waals surface area contributed by atoms with Crippen LogP contribution in [0.15, 0.2) is 30.5 Å². The van der Waals surface area contributed by atoms with Crippen molar-refractivity contribution < 1.29 is 0 Å². The lowest BCUT2D eigenvalue weighted by atomic mass is 10.1. The summed E-state index contributed by atoms with van der Waals surface area (Å²) >= 11 is 0. The summed E-state index contributed by atoms with van der Waals surface area (Å²) in [6, 6.07) is 8.64. The number of hydrogen-bond acceptors (Lipinski definition) is 2. The Hall–Kier alpha value is -1.57. The van der Waals surface area contributed by atoms with E-state index < -0.39 is 0 Å². The van der Waals surface area contributed by atoms with E-state index in [-0.39, 0.29) is 0 Å². The number of benzene rings is 1. The van der Waals surface area contributed by atoms with Crippen molar-refractivity contribution in [1.82, 2.24) is 4.98 Å². The van der Waals surface area contributed by atoms with E-state index in [1.807, 2.05) is 6.20 Å². The molecule has 1 aliphatic rings. The zero-order chi connectivity index (χ0) is 12.5. The average molecular weight is 240 g/mol. The first kappa shape index (κ1) is 11.5. The summed E-state index contributed by atoms with van der Waals surface area (Å²) in [7, 11) is 0. The van der Waals surface area contributed by atoms with Crippen LogP contribution in [0.1, 0.15) is 25.3 Å². The van der Waals surface area contributed by atoms with Gasteiger partial charge in [-0.1, -0.05) is 31.5 Å². The number of aromatic nitrogens is 1. The number of rotatable bonds is 2. The molecule has 0 saturated carbocycles. The second-order valence-electron chi connectivity index (χ2n) is 5.31. The Labute approximate surface area is 109 Å². The fourth-order valence-corrected chi connectivity index (χ4v) is 2.97. The first-order valence-corrected chi connectivity index (χ1v) is 6.89. The quantitative estimate of drug-likeness (QED) is 0.794. The highest BCUT2D eigenvalue weighted by atomic mass is 15.2. The van der Waals surface area contributed by atoms with E-state index in [0.29, 0.717) is 0 Å². The lowest BCUT2D eigenvalue weighted by molar-refractivity contribution is 0.569. The molecule has 94 valence electrons. The summed E-state index contributed by atoms with van der Waals surface area (Å²) < 4.78 is 0. The van der Waals surface area contributed by atoms with Crippen molar-refractivity contribution in [3.05, 3.63) is 36.0 Å². The van der Waals surface area contributed by atoms with Gasteiger partial charge in [0.05, 0.1) is 5.52 Å². The highest BCUT2D eigenvalue weighted by molar-refractivity contribution is 5.93. The molecule has 3 rings (SSSR count). The lowest BCUT2D eigenvalue weighted by Gasteiger charge is -2.20. The molecule has 2 nitrogen and oxygen atoms in total. The fraction of sp³-hybridized carbons (Fsp3) is 0.438. The predicted molar refractivity (Wildman–Crippen MR) is 77.1 cm³/mol. The van der Waals surface area contributed by atoms with Gasteiger partial charge < -0.3 is 4.90 Å². The topological polar surface area (TPSA) is 16.1 Å². The van der Waals surface area contributed by atoms with E-state index >= 15 is 0 Å². The van der Waals surface area contributed by atoms with Crippen molar-refractivity contribution in [2.24, 2.45) is 5.92 Å². The summed E-state index contributed by atoms with van der Waals surface area (Å²) in [5.41, 5.74) is 3.77. The van der Waals surface area contributed by atoms with E-state index in [2.05, 4.69) is 48.0 Å². The number of pyridine rings is 1. The molecule has 1 unspecified atom stereocenters. The minimum atomic E-state index is 0.859. The molecule has 0 N–H and O–H groups in total. The van der Waals surface area contributed by atoms with Crippen molar-refractivity contribution in [3.63, 3.8) is 0 Å². The number of nitrogens with zero attached hydrogens (tertiary/aromatic N) is 2. The maximum absolute atomic E-state index is 4.53. The van der Waals surface area contributed by atoms with Crippen LogP contribution in [0.2, 0.25) is 0 Å². The molecule has 18 heavy (non-hydrogen) atoms. The van der Waals surface area contributed by atoms with Crippen LogP contribution >= 0.6 is 0 Å². The molecular formula is C16H20N2. The Morgan fingerprint density at radius 2 is 2.22 bits per heavy atom. The Morgan fingerprint density at radius 3 is 3.00 bits per heavy atom. The molecule has 1 aliphatic heterocycles. The van der Waals surface area contributed by atoms with Crippen molar-refractivity contribution in [3.8, 4) is 0 Å². The van der Waals surface area contributed by atoms with Crippen molar-refractivity contribution in [2.75, 3.05) is 18.0 Å². The number of anilines is 1. The third-order valence-electron chi connectivity index (χ3n) is 4.15. The second-order valence-corrected chi connectivity index (χ2v) is 5.31. The highest BCUT2D eigenvalue weighted by Crippen LogP contribution is 2.31. The van der Waals surface area contributed by atoms with Gasteiger partial charge in [0.25, 0.3) is 0 Å². The summed E-state index contributed by atoms with van der Waals surface area (Å²) in [5, 5.41) is 1.30. The molecule has 0 amide bonds. The lowest BCUT2D eigenvalue weighted by Crippen LogP contribution is -2.19. The van der Waals surface area contributed by atoms with Crippen LogP contribution in [-0.2, 0) is 0 Å². The van der Waals surface area contributed by atoms with Gasteiger partial charge in [-0.25, -0.2) is 0 Å². The molecule has 2 aromatic rings. The molecular weight excluding hydrogens is 220 g/mol. The fourth-order valence-electron chi connectivity index (χ4n) is 2.97. The molecule has 1 saturated heterocycles. The Bertz CT molecular complexity index is 562. The van der Waals surface area contributed by atoms with E-state index in [0.717, 1.165) is 11.4 Å². The predicted octanol–water partition coefficient (Wildman–Crippen LogP) is 3.78. The highest BCUT2D eigenvalue weighted by Gasteiger charge is 2.22. The molecule has 2 heterocycles. The summed E-state index contributed by atoms with van der Waals surface area (Å²) in [6.07, 6.45) is 4.56. The van der Waals surface area contributed by atoms with Gasteiger partial charge in [0.15, 0.2) is 0 Å². The minimum absolute atomic E-state index is 0.859. The zero-order valence-corrected chi connectivity index (χ0v) is 11.2. The Morgan fingerprint density at radius 1 is 1.33 bits per heavy atom. The number of hydrogen-bond donors (Lipinski definition) is 0. The molecule has 0 spiro atoms. The SMILES string of the molecule is CCC1CCN(c2ccnc3c(C)cccc23)C1. The maximum atomic E-state index is 4.53. The van der Waals surface area contributed by atoms with E-state index in [1.54, 1.807) is 0 Å². The van der Waals surface area contributed by atoms with Gasteiger partial charge in [-0.05, 0) is 30.9 Å². The van der Waals surface area contributed by atoms with Crippen LogP contribution in [0.25, 0.3) is 10.9 Å². The normalized spacial score (nSPS) is 19.7. The molecule has 0 bridgehead atoms. The Balaban J connectivity index is 2.05. The zero-order valence-electron chi connectivity index (χ0n) is 11.2. The van der Waals surface area contributed by atoms with Gasteiger partial charge in [0.2, 0.25) is 0 Å². The van der Waals surface area contributed by atoms with E-state index in [4.69, 9.17) is 0 Å². The first-order chi connectivity index (χ1) is 8.79. The summed E-state index contributed by atoms with van der Waals surface area (Å²) in [5.74, 6) is 0.859. The van der Waals surface area contributed by atoms with Crippen molar-refractivity contribution in [1.29, 1.82) is 0 Å². The average Bonchev–Trinajstić information content (AvgIpc) is 2.87. The number of aryl methyl sites for hydroxylation is 1. The number of para-hydroxylation sites is 1. The number of fused-ring (bicyclic) bond motifs is 1. The van der Waals surface area contributed by atoms with Crippen molar-refractivity contribution >= 4 is 16.6 Å². The first-order valence-electron chi connectivity index (χ1n) is 6.89. The van der Waals surface area contributed by atoms with Crippen LogP contribution in [0.4, 0.5) is 5.69 Å². The minimum Gasteiger partial charge on any atom is -0.371 e. The molecule has 0 radical (unpaired) electrons. The third kappa shape index (κ3) is 1.86. The maximum Gasteiger partial charge on any atom is 0.0751 e. The molecule has 1 fully saturated rings. The van der Waals surface area contributed by atoms with Gasteiger partial charge in [-0.3, -0.25) is 4.98 Å². The van der Waals surface area contributed by atoms with Gasteiger partial charge in [0.1, 0.15) is 0 Å². The van der Waals surface area contributed by atoms with E-state index in [1.165, 1.54) is 42.6 Å². The monoisotopic (exact) mass is 240 g/mol.